The summed E-state index contributed by atoms with van der Waals surface area (Å²) in [5, 5.41) is 6.49. The van der Waals surface area contributed by atoms with Gasteiger partial charge in [0.15, 0.2) is 0 Å². The summed E-state index contributed by atoms with van der Waals surface area (Å²) >= 11 is 0. The maximum absolute atomic E-state index is 11.4. The van der Waals surface area contributed by atoms with Crippen LogP contribution in [0.1, 0.15) is 58.3 Å². The van der Waals surface area contributed by atoms with Crippen LogP contribution in [-0.4, -0.2) is 34.3 Å². The van der Waals surface area contributed by atoms with Gasteiger partial charge in [0.05, 0.1) is 6.54 Å². The standard InChI is InChI=1S/C15H30N2O7P2/c1-2-3-4-5-6-7-8-9-10-16-11-12-17(14-16)13-15(18,25(19,20)21)26(22,23)24/h11-12,14,18H,2-10,13H2,1H3,(H3-,19,20,21,22,23,24)/p+1. The highest BCUT2D eigenvalue weighted by Gasteiger charge is 2.61. The van der Waals surface area contributed by atoms with Crippen molar-refractivity contribution in [3.05, 3.63) is 18.7 Å². The Bertz CT molecular complexity index is 616. The van der Waals surface area contributed by atoms with Gasteiger partial charge >= 0.3 is 20.3 Å². The molecule has 0 atom stereocenters. The first kappa shape index (κ1) is 23.5. The molecule has 0 aliphatic rings. The molecule has 9 nitrogen and oxygen atoms in total. The smallest absolute Gasteiger partial charge is 0.365 e. The molecule has 1 aromatic heterocycles. The van der Waals surface area contributed by atoms with E-state index in [4.69, 9.17) is 19.6 Å². The second kappa shape index (κ2) is 10.1. The van der Waals surface area contributed by atoms with Crippen LogP contribution in [0.5, 0.6) is 0 Å². The zero-order valence-corrected chi connectivity index (χ0v) is 16.9. The molecule has 26 heavy (non-hydrogen) atoms. The van der Waals surface area contributed by atoms with Crippen molar-refractivity contribution in [2.45, 2.75) is 76.5 Å². The van der Waals surface area contributed by atoms with Crippen LogP contribution < -0.4 is 4.57 Å². The number of aryl methyl sites for hydroxylation is 1. The third kappa shape index (κ3) is 6.89. The monoisotopic (exact) mass is 413 g/mol. The summed E-state index contributed by atoms with van der Waals surface area (Å²) in [5.41, 5.74) is 0. The molecule has 0 aromatic carbocycles. The van der Waals surface area contributed by atoms with Crippen molar-refractivity contribution in [2.75, 3.05) is 0 Å². The molecule has 0 aliphatic carbocycles. The minimum atomic E-state index is -5.45. The zero-order chi connectivity index (χ0) is 19.8. The molecule has 11 heteroatoms. The topological polar surface area (TPSA) is 144 Å². The summed E-state index contributed by atoms with van der Waals surface area (Å²) in [6.45, 7) is 1.97. The van der Waals surface area contributed by atoms with Crippen molar-refractivity contribution in [3.8, 4) is 0 Å². The number of hydrogen-bond acceptors (Lipinski definition) is 3. The van der Waals surface area contributed by atoms with Gasteiger partial charge in [-0.15, -0.1) is 0 Å². The fourth-order valence-electron chi connectivity index (χ4n) is 2.69. The third-order valence-electron chi connectivity index (χ3n) is 4.34. The summed E-state index contributed by atoms with van der Waals surface area (Å²) in [6.07, 6.45) is 13.9. The summed E-state index contributed by atoms with van der Waals surface area (Å²) in [7, 11) is -10.9. The SMILES string of the molecule is CCCCCCCCCCn1cc[n+](CC(O)(P(=O)(O)O)P(=O)(O)O)c1. The quantitative estimate of drug-likeness (QED) is 0.189. The summed E-state index contributed by atoms with van der Waals surface area (Å²) in [6, 6.07) is 0. The van der Waals surface area contributed by atoms with Gasteiger partial charge in [0.2, 0.25) is 6.33 Å². The van der Waals surface area contributed by atoms with E-state index in [-0.39, 0.29) is 0 Å². The Morgan fingerprint density at radius 3 is 1.92 bits per heavy atom. The second-order valence-electron chi connectivity index (χ2n) is 6.66. The van der Waals surface area contributed by atoms with Gasteiger partial charge < -0.3 is 24.7 Å². The van der Waals surface area contributed by atoms with Crippen molar-refractivity contribution >= 4 is 15.2 Å². The van der Waals surface area contributed by atoms with E-state index < -0.39 is 26.8 Å². The van der Waals surface area contributed by atoms with Gasteiger partial charge in [-0.2, -0.15) is 0 Å². The van der Waals surface area contributed by atoms with Gasteiger partial charge in [-0.3, -0.25) is 9.13 Å². The maximum atomic E-state index is 11.4. The van der Waals surface area contributed by atoms with Gasteiger partial charge in [-0.1, -0.05) is 45.4 Å². The molecule has 0 unspecified atom stereocenters. The molecule has 0 saturated carbocycles. The number of unbranched alkanes of at least 4 members (excludes halogenated alkanes) is 7. The van der Waals surface area contributed by atoms with Gasteiger partial charge in [0, 0.05) is 0 Å². The second-order valence-corrected chi connectivity index (χ2v) is 10.7. The van der Waals surface area contributed by atoms with Gasteiger partial charge in [-0.05, 0) is 12.8 Å². The van der Waals surface area contributed by atoms with Crippen molar-refractivity contribution in [2.24, 2.45) is 0 Å². The largest absolute Gasteiger partial charge is 0.373 e. The number of rotatable bonds is 13. The molecular weight excluding hydrogens is 382 g/mol. The lowest BCUT2D eigenvalue weighted by Gasteiger charge is -2.27. The Balaban J connectivity index is 2.50. The molecule has 0 bridgehead atoms. The van der Waals surface area contributed by atoms with Crippen LogP contribution in [-0.2, 0) is 22.2 Å². The van der Waals surface area contributed by atoms with Gasteiger partial charge in [0.1, 0.15) is 18.9 Å². The molecule has 1 heterocycles. The summed E-state index contributed by atoms with van der Waals surface area (Å²) in [5.74, 6) is 0. The van der Waals surface area contributed by atoms with E-state index in [0.717, 1.165) is 19.3 Å². The number of aliphatic hydroxyl groups is 1. The Morgan fingerprint density at radius 2 is 1.42 bits per heavy atom. The predicted octanol–water partition coefficient (Wildman–Crippen LogP) is 1.92. The Labute approximate surface area is 154 Å². The summed E-state index contributed by atoms with van der Waals surface area (Å²) < 4.78 is 25.7. The average molecular weight is 413 g/mol. The van der Waals surface area contributed by atoms with E-state index in [1.807, 2.05) is 0 Å². The van der Waals surface area contributed by atoms with E-state index in [2.05, 4.69) is 6.92 Å². The van der Waals surface area contributed by atoms with Crippen LogP contribution in [0.25, 0.3) is 0 Å². The highest BCUT2D eigenvalue weighted by Crippen LogP contribution is 2.67. The molecular formula is C15H31N2O7P2+. The van der Waals surface area contributed by atoms with Crippen LogP contribution in [0, 0.1) is 0 Å². The van der Waals surface area contributed by atoms with Gasteiger partial charge in [0.25, 0.3) is 0 Å². The fraction of sp³-hybridized carbons (Fsp3) is 0.800. The normalized spacial score (nSPS) is 13.3. The number of hydrogen-bond donors (Lipinski definition) is 5. The predicted molar refractivity (Wildman–Crippen MR) is 96.3 cm³/mol. The van der Waals surface area contributed by atoms with Gasteiger partial charge in [-0.25, -0.2) is 9.13 Å². The lowest BCUT2D eigenvalue weighted by molar-refractivity contribution is -0.703. The molecule has 0 fully saturated rings. The van der Waals surface area contributed by atoms with Crippen LogP contribution in [0.15, 0.2) is 18.7 Å². The molecule has 1 rings (SSSR count). The van der Waals surface area contributed by atoms with Crippen LogP contribution in [0.3, 0.4) is 0 Å². The molecule has 1 aromatic rings. The van der Waals surface area contributed by atoms with E-state index in [9.17, 15) is 14.2 Å². The zero-order valence-electron chi connectivity index (χ0n) is 15.1. The molecule has 152 valence electrons. The minimum Gasteiger partial charge on any atom is -0.365 e. The fourth-order valence-corrected chi connectivity index (χ4v) is 4.74. The molecule has 0 saturated heterocycles. The van der Waals surface area contributed by atoms with Crippen LogP contribution in [0.4, 0.5) is 0 Å². The van der Waals surface area contributed by atoms with Crippen molar-refractivity contribution in [3.63, 3.8) is 0 Å². The van der Waals surface area contributed by atoms with Crippen molar-refractivity contribution < 1.29 is 38.4 Å². The lowest BCUT2D eigenvalue weighted by atomic mass is 10.1. The van der Waals surface area contributed by atoms with E-state index >= 15 is 0 Å². The Kier molecular flexibility index (Phi) is 9.16. The van der Waals surface area contributed by atoms with E-state index in [1.165, 1.54) is 49.2 Å². The highest BCUT2D eigenvalue weighted by atomic mass is 31.2. The molecule has 0 amide bonds. The molecule has 0 spiro atoms. The Morgan fingerprint density at radius 1 is 0.923 bits per heavy atom. The van der Waals surface area contributed by atoms with E-state index in [1.54, 1.807) is 10.8 Å². The van der Waals surface area contributed by atoms with Crippen molar-refractivity contribution in [1.29, 1.82) is 0 Å². The number of imidazole rings is 1. The molecule has 0 aliphatic heterocycles. The number of aromatic nitrogens is 2. The average Bonchev–Trinajstić information content (AvgIpc) is 2.95. The first-order valence-electron chi connectivity index (χ1n) is 8.90. The first-order chi connectivity index (χ1) is 12.0. The van der Waals surface area contributed by atoms with Crippen LogP contribution >= 0.6 is 15.2 Å². The first-order valence-corrected chi connectivity index (χ1v) is 12.1. The van der Waals surface area contributed by atoms with E-state index in [0.29, 0.717) is 6.54 Å². The highest BCUT2D eigenvalue weighted by molar-refractivity contribution is 7.72. The maximum Gasteiger partial charge on any atom is 0.373 e. The van der Waals surface area contributed by atoms with Crippen LogP contribution in [0.2, 0.25) is 0 Å². The minimum absolute atomic E-state index is 0.687. The number of nitrogens with zero attached hydrogens (tertiary/aromatic N) is 2. The lowest BCUT2D eigenvalue weighted by Crippen LogP contribution is -2.46. The Hall–Kier alpha value is -0.530. The molecule has 0 radical (unpaired) electrons. The summed E-state index contributed by atoms with van der Waals surface area (Å²) in [4.78, 5) is 36.7. The third-order valence-corrected chi connectivity index (χ3v) is 8.06. The molecule has 5 N–H and O–H groups in total. The van der Waals surface area contributed by atoms with Crippen molar-refractivity contribution in [1.82, 2.24) is 4.57 Å².